The van der Waals surface area contributed by atoms with Crippen LogP contribution in [0.3, 0.4) is 0 Å². The average molecular weight is 705 g/mol. The number of nitrogens with one attached hydrogen (secondary N) is 1. The molecule has 6 nitrogen and oxygen atoms in total. The van der Waals surface area contributed by atoms with Crippen molar-refractivity contribution in [3.05, 3.63) is 194 Å². The van der Waals surface area contributed by atoms with E-state index in [1.165, 1.54) is 0 Å². The molecule has 9 aromatic rings. The number of aromatic amines is 1. The number of H-pyrrole nitrogens is 1. The quantitative estimate of drug-likeness (QED) is 0.170. The fourth-order valence-electron chi connectivity index (χ4n) is 6.72. The van der Waals surface area contributed by atoms with Gasteiger partial charge >= 0.3 is 0 Å². The highest BCUT2D eigenvalue weighted by molar-refractivity contribution is 5.82. The molecule has 6 heteroatoms. The maximum absolute atomic E-state index is 10.0. The highest BCUT2D eigenvalue weighted by atomic mass is 15.0. The van der Waals surface area contributed by atoms with Crippen molar-refractivity contribution in [3.8, 4) is 96.4 Å². The minimum Gasteiger partial charge on any atom is -0.337 e. The van der Waals surface area contributed by atoms with Crippen molar-refractivity contribution < 1.29 is 0 Å². The third-order valence-electron chi connectivity index (χ3n) is 9.54. The molecule has 0 bridgehead atoms. The summed E-state index contributed by atoms with van der Waals surface area (Å²) in [5, 5.41) is 10.0. The van der Waals surface area contributed by atoms with E-state index >= 15 is 0 Å². The largest absolute Gasteiger partial charge is 0.337 e. The van der Waals surface area contributed by atoms with E-state index in [9.17, 15) is 5.26 Å². The van der Waals surface area contributed by atoms with E-state index in [4.69, 9.17) is 19.9 Å². The highest BCUT2D eigenvalue weighted by Crippen LogP contribution is 2.35. The van der Waals surface area contributed by atoms with Crippen LogP contribution in [0.5, 0.6) is 0 Å². The summed E-state index contributed by atoms with van der Waals surface area (Å²) in [6, 6.07) is 65.3. The lowest BCUT2D eigenvalue weighted by Gasteiger charge is -2.10. The smallest absolute Gasteiger partial charge is 0.164 e. The second-order valence-corrected chi connectivity index (χ2v) is 13.1. The highest BCUT2D eigenvalue weighted by Gasteiger charge is 2.16. The summed E-state index contributed by atoms with van der Waals surface area (Å²) in [4.78, 5) is 23.2. The Bertz CT molecular complexity index is 2660. The van der Waals surface area contributed by atoms with Crippen LogP contribution in [0, 0.1) is 11.3 Å². The fraction of sp³-hybridized carbons (Fsp3) is 0. The van der Waals surface area contributed by atoms with Crippen LogP contribution in [0.2, 0.25) is 0 Å². The molecule has 0 saturated heterocycles. The van der Waals surface area contributed by atoms with E-state index in [0.29, 0.717) is 23.0 Å². The van der Waals surface area contributed by atoms with Crippen LogP contribution < -0.4 is 0 Å². The number of nitrogens with zero attached hydrogens (tertiary/aromatic N) is 5. The van der Waals surface area contributed by atoms with E-state index < -0.39 is 0 Å². The van der Waals surface area contributed by atoms with Gasteiger partial charge in [-0.15, -0.1) is 0 Å². The SMILES string of the molecule is N#Cc1cc(-c2ccc(-c3nc(-c4ccccc4)nc(-c4ccccc4)n3)cc2)cc(-c2ccc(-c3nc(-c4ccccc4)c(-c4ccccc4)[nH]3)cc2)c1. The standard InChI is InChI=1S/C49H32N6/c50-32-33-29-42(34-21-25-40(26-22-34)46-51-44(36-13-5-1-6-14-36)45(52-46)37-15-7-2-8-16-37)31-43(30-33)35-23-27-41(28-24-35)49-54-47(38-17-9-3-10-18-38)53-48(55-49)39-19-11-4-12-20-39/h1-31H,(H,51,52). The first kappa shape index (κ1) is 33.1. The lowest BCUT2D eigenvalue weighted by Crippen LogP contribution is -2.00. The Labute approximate surface area is 319 Å². The Balaban J connectivity index is 1.03. The van der Waals surface area contributed by atoms with Crippen molar-refractivity contribution in [2.24, 2.45) is 0 Å². The van der Waals surface area contributed by atoms with Crippen LogP contribution in [-0.4, -0.2) is 24.9 Å². The van der Waals surface area contributed by atoms with Gasteiger partial charge < -0.3 is 4.98 Å². The molecular formula is C49H32N6. The lowest BCUT2D eigenvalue weighted by molar-refractivity contribution is 1.07. The molecule has 0 aliphatic heterocycles. The molecule has 0 aliphatic rings. The fourth-order valence-corrected chi connectivity index (χ4v) is 6.72. The monoisotopic (exact) mass is 704 g/mol. The van der Waals surface area contributed by atoms with E-state index in [1.807, 2.05) is 121 Å². The molecule has 0 spiro atoms. The Hall–Kier alpha value is -7.75. The van der Waals surface area contributed by atoms with Crippen molar-refractivity contribution in [2.75, 3.05) is 0 Å². The zero-order valence-corrected chi connectivity index (χ0v) is 29.6. The Morgan fingerprint density at radius 1 is 0.345 bits per heavy atom. The number of hydrogen-bond acceptors (Lipinski definition) is 5. The molecular weight excluding hydrogens is 673 g/mol. The number of nitriles is 1. The number of hydrogen-bond donors (Lipinski definition) is 1. The molecule has 2 heterocycles. The van der Waals surface area contributed by atoms with Crippen LogP contribution >= 0.6 is 0 Å². The van der Waals surface area contributed by atoms with Gasteiger partial charge in [0, 0.05) is 33.4 Å². The number of imidazole rings is 1. The first-order valence-electron chi connectivity index (χ1n) is 18.0. The molecule has 7 aromatic carbocycles. The molecule has 0 atom stereocenters. The van der Waals surface area contributed by atoms with Gasteiger partial charge in [-0.05, 0) is 40.5 Å². The normalized spacial score (nSPS) is 10.9. The third kappa shape index (κ3) is 6.94. The molecule has 2 aromatic heterocycles. The molecule has 1 N–H and O–H groups in total. The third-order valence-corrected chi connectivity index (χ3v) is 9.54. The van der Waals surface area contributed by atoms with Gasteiger partial charge in [-0.25, -0.2) is 19.9 Å². The van der Waals surface area contributed by atoms with Gasteiger partial charge in [0.15, 0.2) is 17.5 Å². The van der Waals surface area contributed by atoms with E-state index in [0.717, 1.165) is 72.8 Å². The number of rotatable bonds is 8. The van der Waals surface area contributed by atoms with E-state index in [1.54, 1.807) is 0 Å². The predicted molar refractivity (Wildman–Crippen MR) is 220 cm³/mol. The Morgan fingerprint density at radius 2 is 0.727 bits per heavy atom. The summed E-state index contributed by atoms with van der Waals surface area (Å²) in [6.07, 6.45) is 0. The van der Waals surface area contributed by atoms with Crippen molar-refractivity contribution in [3.63, 3.8) is 0 Å². The van der Waals surface area contributed by atoms with Crippen LogP contribution in [-0.2, 0) is 0 Å². The minimum atomic E-state index is 0.587. The predicted octanol–water partition coefficient (Wildman–Crippen LogP) is 11.8. The zero-order valence-electron chi connectivity index (χ0n) is 29.6. The second kappa shape index (κ2) is 14.7. The molecule has 0 fully saturated rings. The van der Waals surface area contributed by atoms with E-state index in [2.05, 4.69) is 77.8 Å². The van der Waals surface area contributed by atoms with Gasteiger partial charge in [-0.3, -0.25) is 0 Å². The molecule has 9 rings (SSSR count). The Kier molecular flexibility index (Phi) is 8.85. The summed E-state index contributed by atoms with van der Waals surface area (Å²) in [5.74, 6) is 2.62. The van der Waals surface area contributed by atoms with Crippen LogP contribution in [0.4, 0.5) is 0 Å². The first-order valence-corrected chi connectivity index (χ1v) is 18.0. The topological polar surface area (TPSA) is 91.1 Å². The maximum Gasteiger partial charge on any atom is 0.164 e. The first-order chi connectivity index (χ1) is 27.2. The Morgan fingerprint density at radius 3 is 1.18 bits per heavy atom. The number of aromatic nitrogens is 5. The van der Waals surface area contributed by atoms with E-state index in [-0.39, 0.29) is 0 Å². The van der Waals surface area contributed by atoms with Gasteiger partial charge in [-0.2, -0.15) is 5.26 Å². The van der Waals surface area contributed by atoms with Crippen molar-refractivity contribution >= 4 is 0 Å². The summed E-state index contributed by atoms with van der Waals surface area (Å²) < 4.78 is 0. The van der Waals surface area contributed by atoms with Gasteiger partial charge in [0.1, 0.15) is 5.82 Å². The summed E-state index contributed by atoms with van der Waals surface area (Å²) in [6.45, 7) is 0. The zero-order chi connectivity index (χ0) is 37.0. The molecule has 0 saturated carbocycles. The molecule has 0 unspecified atom stereocenters. The van der Waals surface area contributed by atoms with Crippen molar-refractivity contribution in [1.82, 2.24) is 24.9 Å². The summed E-state index contributed by atoms with van der Waals surface area (Å²) in [7, 11) is 0. The molecule has 55 heavy (non-hydrogen) atoms. The molecule has 0 aliphatic carbocycles. The summed E-state index contributed by atoms with van der Waals surface area (Å²) in [5.41, 5.74) is 12.2. The van der Waals surface area contributed by atoms with Gasteiger partial charge in [-0.1, -0.05) is 170 Å². The van der Waals surface area contributed by atoms with Crippen molar-refractivity contribution in [1.29, 1.82) is 5.26 Å². The van der Waals surface area contributed by atoms with Crippen LogP contribution in [0.25, 0.3) is 90.3 Å². The molecule has 258 valence electrons. The van der Waals surface area contributed by atoms with Crippen LogP contribution in [0.15, 0.2) is 188 Å². The van der Waals surface area contributed by atoms with Gasteiger partial charge in [0.05, 0.1) is 23.0 Å². The average Bonchev–Trinajstić information content (AvgIpc) is 3.73. The summed E-state index contributed by atoms with van der Waals surface area (Å²) >= 11 is 0. The lowest BCUT2D eigenvalue weighted by atomic mass is 9.95. The van der Waals surface area contributed by atoms with Gasteiger partial charge in [0.2, 0.25) is 0 Å². The maximum atomic E-state index is 10.0. The second-order valence-electron chi connectivity index (χ2n) is 13.1. The minimum absolute atomic E-state index is 0.587. The number of benzene rings is 7. The molecule has 0 radical (unpaired) electrons. The van der Waals surface area contributed by atoms with Gasteiger partial charge in [0.25, 0.3) is 0 Å². The van der Waals surface area contributed by atoms with Crippen LogP contribution in [0.1, 0.15) is 5.56 Å². The molecule has 0 amide bonds. The van der Waals surface area contributed by atoms with Crippen molar-refractivity contribution in [2.45, 2.75) is 0 Å².